The van der Waals surface area contributed by atoms with Crippen LogP contribution in [0.3, 0.4) is 0 Å². The molecule has 2 amide bonds. The summed E-state index contributed by atoms with van der Waals surface area (Å²) >= 11 is 0. The van der Waals surface area contributed by atoms with E-state index < -0.39 is 24.7 Å². The number of rotatable bonds is 8. The van der Waals surface area contributed by atoms with Crippen molar-refractivity contribution in [2.24, 2.45) is 0 Å². The highest BCUT2D eigenvalue weighted by molar-refractivity contribution is 6.03. The molecule has 0 fully saturated rings. The molecule has 2 heterocycles. The predicted octanol–water partition coefficient (Wildman–Crippen LogP) is 1.97. The third-order valence-electron chi connectivity index (χ3n) is 4.32. The fraction of sp³-hybridized carbons (Fsp3) is 0.368. The maximum absolute atomic E-state index is 12.8. The first-order valence-corrected chi connectivity index (χ1v) is 8.88. The predicted molar refractivity (Wildman–Crippen MR) is 98.9 cm³/mol. The molecule has 0 spiro atoms. The second-order valence-electron chi connectivity index (χ2n) is 6.29. The number of halogens is 3. The SMILES string of the molecule is CCNC(=O)c1nccc2c1CN(C(C)C(C=CC=O)=CNCC(F)(F)F)C2=O. The Morgan fingerprint density at radius 3 is 2.76 bits per heavy atom. The minimum absolute atomic E-state index is 0.0706. The van der Waals surface area contributed by atoms with Crippen LogP contribution in [-0.2, 0) is 11.3 Å². The quantitative estimate of drug-likeness (QED) is 0.388. The van der Waals surface area contributed by atoms with Crippen LogP contribution in [0.2, 0.25) is 0 Å². The highest BCUT2D eigenvalue weighted by Gasteiger charge is 2.35. The van der Waals surface area contributed by atoms with Gasteiger partial charge in [0.2, 0.25) is 0 Å². The van der Waals surface area contributed by atoms with E-state index in [2.05, 4.69) is 15.6 Å². The molecule has 0 aliphatic carbocycles. The number of aldehydes is 1. The molecule has 156 valence electrons. The summed E-state index contributed by atoms with van der Waals surface area (Å²) in [4.78, 5) is 41.2. The Morgan fingerprint density at radius 2 is 2.14 bits per heavy atom. The van der Waals surface area contributed by atoms with E-state index in [4.69, 9.17) is 0 Å². The number of fused-ring (bicyclic) bond motifs is 1. The number of aromatic nitrogens is 1. The topological polar surface area (TPSA) is 91.4 Å². The van der Waals surface area contributed by atoms with Gasteiger partial charge < -0.3 is 15.5 Å². The van der Waals surface area contributed by atoms with E-state index >= 15 is 0 Å². The van der Waals surface area contributed by atoms with Crippen molar-refractivity contribution in [3.8, 4) is 0 Å². The number of carbonyl (C=O) groups excluding carboxylic acids is 3. The third-order valence-corrected chi connectivity index (χ3v) is 4.32. The molecule has 2 rings (SSSR count). The average Bonchev–Trinajstić information content (AvgIpc) is 3.00. The molecule has 0 bridgehead atoms. The van der Waals surface area contributed by atoms with Crippen molar-refractivity contribution in [2.45, 2.75) is 32.6 Å². The van der Waals surface area contributed by atoms with E-state index in [0.717, 1.165) is 12.3 Å². The monoisotopic (exact) mass is 410 g/mol. The van der Waals surface area contributed by atoms with Crippen LogP contribution in [0.4, 0.5) is 13.2 Å². The molecule has 0 saturated carbocycles. The lowest BCUT2D eigenvalue weighted by Gasteiger charge is -2.25. The summed E-state index contributed by atoms with van der Waals surface area (Å²) in [6.07, 6.45) is 1.03. The average molecular weight is 410 g/mol. The first-order valence-electron chi connectivity index (χ1n) is 8.88. The Labute approximate surface area is 165 Å². The summed E-state index contributed by atoms with van der Waals surface area (Å²) in [6, 6.07) is 0.841. The van der Waals surface area contributed by atoms with E-state index in [0.29, 0.717) is 29.5 Å². The summed E-state index contributed by atoms with van der Waals surface area (Å²) in [6.45, 7) is 2.59. The number of amides is 2. The standard InChI is InChI=1S/C19H21F3N4O3/c1-3-24-17(28)16-15-10-26(18(29)14(15)6-7-25-16)12(2)13(5-4-8-27)9-23-11-19(20,21)22/h4-9,12,23H,3,10-11H2,1-2H3,(H,24,28). The highest BCUT2D eigenvalue weighted by Crippen LogP contribution is 2.28. The van der Waals surface area contributed by atoms with Crippen LogP contribution in [-0.4, -0.2) is 53.3 Å². The van der Waals surface area contributed by atoms with Gasteiger partial charge in [-0.1, -0.05) is 6.08 Å². The minimum atomic E-state index is -4.41. The minimum Gasteiger partial charge on any atom is -0.382 e. The van der Waals surface area contributed by atoms with Gasteiger partial charge in [-0.25, -0.2) is 0 Å². The molecule has 29 heavy (non-hydrogen) atoms. The first kappa shape index (κ1) is 22.1. The first-order chi connectivity index (χ1) is 13.7. The number of alkyl halides is 3. The molecular formula is C19H21F3N4O3. The molecule has 7 nitrogen and oxygen atoms in total. The third kappa shape index (κ3) is 5.43. The van der Waals surface area contributed by atoms with Gasteiger partial charge in [0, 0.05) is 36.6 Å². The molecule has 1 aliphatic rings. The van der Waals surface area contributed by atoms with Gasteiger partial charge in [-0.05, 0) is 31.6 Å². The van der Waals surface area contributed by atoms with Crippen molar-refractivity contribution >= 4 is 18.1 Å². The molecular weight excluding hydrogens is 389 g/mol. The van der Waals surface area contributed by atoms with Crippen LogP contribution in [0, 0.1) is 0 Å². The Kier molecular flexibility index (Phi) is 7.13. The zero-order valence-corrected chi connectivity index (χ0v) is 15.9. The molecule has 0 saturated heterocycles. The van der Waals surface area contributed by atoms with Crippen molar-refractivity contribution < 1.29 is 27.6 Å². The van der Waals surface area contributed by atoms with Gasteiger partial charge in [-0.3, -0.25) is 19.4 Å². The lowest BCUT2D eigenvalue weighted by molar-refractivity contribution is -0.122. The molecule has 0 radical (unpaired) electrons. The Balaban J connectivity index is 2.29. The normalized spacial score (nSPS) is 15.4. The summed E-state index contributed by atoms with van der Waals surface area (Å²) in [7, 11) is 0. The largest absolute Gasteiger partial charge is 0.405 e. The zero-order chi connectivity index (χ0) is 21.6. The number of nitrogens with zero attached hydrogens (tertiary/aromatic N) is 2. The van der Waals surface area contributed by atoms with E-state index in [1.165, 1.54) is 23.2 Å². The molecule has 1 aliphatic heterocycles. The molecule has 1 aromatic heterocycles. The fourth-order valence-electron chi connectivity index (χ4n) is 2.93. The molecule has 1 aromatic rings. The Bertz CT molecular complexity index is 850. The fourth-order valence-corrected chi connectivity index (χ4v) is 2.93. The molecule has 0 aromatic carbocycles. The number of carbonyl (C=O) groups is 3. The zero-order valence-electron chi connectivity index (χ0n) is 15.9. The maximum Gasteiger partial charge on any atom is 0.405 e. The molecule has 1 unspecified atom stereocenters. The van der Waals surface area contributed by atoms with Crippen molar-refractivity contribution in [3.63, 3.8) is 0 Å². The van der Waals surface area contributed by atoms with Crippen molar-refractivity contribution in [1.82, 2.24) is 20.5 Å². The van der Waals surface area contributed by atoms with Crippen LogP contribution in [0.25, 0.3) is 0 Å². The van der Waals surface area contributed by atoms with Crippen molar-refractivity contribution in [2.75, 3.05) is 13.1 Å². The van der Waals surface area contributed by atoms with Gasteiger partial charge in [-0.2, -0.15) is 13.2 Å². The van der Waals surface area contributed by atoms with Gasteiger partial charge in [0.15, 0.2) is 0 Å². The van der Waals surface area contributed by atoms with Crippen LogP contribution < -0.4 is 10.6 Å². The van der Waals surface area contributed by atoms with Crippen LogP contribution >= 0.6 is 0 Å². The number of hydrogen-bond donors (Lipinski definition) is 2. The van der Waals surface area contributed by atoms with E-state index in [1.54, 1.807) is 13.8 Å². The van der Waals surface area contributed by atoms with Gasteiger partial charge in [-0.15, -0.1) is 0 Å². The van der Waals surface area contributed by atoms with Crippen LogP contribution in [0.5, 0.6) is 0 Å². The van der Waals surface area contributed by atoms with Gasteiger partial charge in [0.25, 0.3) is 11.8 Å². The summed E-state index contributed by atoms with van der Waals surface area (Å²) in [5, 5.41) is 4.79. The van der Waals surface area contributed by atoms with Crippen LogP contribution in [0.1, 0.15) is 40.3 Å². The molecule has 2 N–H and O–H groups in total. The Hall–Kier alpha value is -3.17. The summed E-state index contributed by atoms with van der Waals surface area (Å²) < 4.78 is 37.2. The van der Waals surface area contributed by atoms with E-state index in [-0.39, 0.29) is 18.1 Å². The highest BCUT2D eigenvalue weighted by atomic mass is 19.4. The second-order valence-corrected chi connectivity index (χ2v) is 6.29. The lowest BCUT2D eigenvalue weighted by atomic mass is 10.1. The summed E-state index contributed by atoms with van der Waals surface area (Å²) in [5.74, 6) is -0.781. The van der Waals surface area contributed by atoms with Crippen molar-refractivity contribution in [1.29, 1.82) is 0 Å². The number of pyridine rings is 1. The molecule has 1 atom stereocenters. The van der Waals surface area contributed by atoms with Gasteiger partial charge >= 0.3 is 6.18 Å². The maximum atomic E-state index is 12.8. The second kappa shape index (κ2) is 9.35. The van der Waals surface area contributed by atoms with Gasteiger partial charge in [0.1, 0.15) is 18.5 Å². The number of allylic oxidation sites excluding steroid dienone is 1. The van der Waals surface area contributed by atoms with Gasteiger partial charge in [0.05, 0.1) is 6.04 Å². The van der Waals surface area contributed by atoms with Crippen LogP contribution in [0.15, 0.2) is 36.2 Å². The number of hydrogen-bond acceptors (Lipinski definition) is 5. The molecule has 10 heteroatoms. The van der Waals surface area contributed by atoms with Crippen molar-refractivity contribution in [3.05, 3.63) is 53.0 Å². The number of nitrogens with one attached hydrogen (secondary N) is 2. The van der Waals surface area contributed by atoms with E-state index in [1.807, 2.05) is 0 Å². The van der Waals surface area contributed by atoms with E-state index in [9.17, 15) is 27.6 Å². The lowest BCUT2D eigenvalue weighted by Crippen LogP contribution is -2.35. The Morgan fingerprint density at radius 1 is 1.41 bits per heavy atom. The smallest absolute Gasteiger partial charge is 0.382 e. The summed E-state index contributed by atoms with van der Waals surface area (Å²) in [5.41, 5.74) is 1.21.